The molecule has 0 aliphatic heterocycles. The molecule has 0 atom stereocenters. The van der Waals surface area contributed by atoms with Gasteiger partial charge in [-0.25, -0.2) is 14.5 Å². The molecule has 0 bridgehead atoms. The maximum absolute atomic E-state index is 11.6. The third-order valence-electron chi connectivity index (χ3n) is 3.12. The average molecular weight is 290 g/mol. The molecule has 2 aromatic rings. The lowest BCUT2D eigenvalue weighted by atomic mass is 10.2. The van der Waals surface area contributed by atoms with E-state index in [1.165, 1.54) is 18.6 Å². The van der Waals surface area contributed by atoms with Gasteiger partial charge in [0.05, 0.1) is 6.54 Å². The molecule has 112 valence electrons. The van der Waals surface area contributed by atoms with E-state index in [-0.39, 0.29) is 5.56 Å². The molecule has 2 aromatic heterocycles. The molecule has 0 aliphatic carbocycles. The second-order valence-electron chi connectivity index (χ2n) is 5.38. The minimum atomic E-state index is -1.22. The number of pyridine rings is 1. The second-order valence-corrected chi connectivity index (χ2v) is 5.38. The van der Waals surface area contributed by atoms with Crippen molar-refractivity contribution < 1.29 is 9.90 Å². The maximum atomic E-state index is 11.6. The number of rotatable bonds is 5. The molecule has 0 spiro atoms. The van der Waals surface area contributed by atoms with Gasteiger partial charge in [0.1, 0.15) is 17.7 Å². The van der Waals surface area contributed by atoms with Crippen molar-refractivity contribution in [3.63, 3.8) is 0 Å². The summed E-state index contributed by atoms with van der Waals surface area (Å²) in [5.41, 5.74) is -0.0421. The van der Waals surface area contributed by atoms with E-state index in [0.29, 0.717) is 18.2 Å². The van der Waals surface area contributed by atoms with E-state index in [4.69, 9.17) is 5.11 Å². The minimum Gasteiger partial charge on any atom is -0.477 e. The van der Waals surface area contributed by atoms with Gasteiger partial charge in [0.2, 0.25) is 0 Å². The van der Waals surface area contributed by atoms with E-state index in [2.05, 4.69) is 23.9 Å². The summed E-state index contributed by atoms with van der Waals surface area (Å²) in [6, 6.07) is 1.33. The number of aryl methyl sites for hydroxylation is 1. The molecule has 0 aliphatic rings. The van der Waals surface area contributed by atoms with Crippen LogP contribution in [0.1, 0.15) is 35.7 Å². The summed E-state index contributed by atoms with van der Waals surface area (Å²) in [7, 11) is 0. The molecule has 0 unspecified atom stereocenters. The normalized spacial score (nSPS) is 11.0. The summed E-state index contributed by atoms with van der Waals surface area (Å²) in [6.45, 7) is 7.03. The van der Waals surface area contributed by atoms with Crippen LogP contribution in [0.25, 0.3) is 0 Å². The number of hydrogen-bond acceptors (Lipinski definition) is 4. The fourth-order valence-corrected chi connectivity index (χ4v) is 2.06. The molecule has 7 heteroatoms. The van der Waals surface area contributed by atoms with E-state index in [9.17, 15) is 9.59 Å². The van der Waals surface area contributed by atoms with Gasteiger partial charge in [-0.2, -0.15) is 5.10 Å². The fourth-order valence-electron chi connectivity index (χ4n) is 2.06. The topological polar surface area (TPSA) is 90.0 Å². The van der Waals surface area contributed by atoms with Gasteiger partial charge in [0.25, 0.3) is 0 Å². The predicted molar refractivity (Wildman–Crippen MR) is 76.4 cm³/mol. The molecular weight excluding hydrogens is 272 g/mol. The maximum Gasteiger partial charge on any atom is 0.341 e. The van der Waals surface area contributed by atoms with Gasteiger partial charge in [-0.05, 0) is 12.8 Å². The number of aromatic nitrogens is 4. The summed E-state index contributed by atoms with van der Waals surface area (Å²) >= 11 is 0. The van der Waals surface area contributed by atoms with E-state index in [1.807, 2.05) is 0 Å². The number of carboxylic acids is 1. The van der Waals surface area contributed by atoms with Crippen LogP contribution in [-0.2, 0) is 13.1 Å². The first-order valence-corrected chi connectivity index (χ1v) is 6.69. The lowest BCUT2D eigenvalue weighted by Gasteiger charge is -2.13. The Morgan fingerprint density at radius 1 is 1.43 bits per heavy atom. The lowest BCUT2D eigenvalue weighted by molar-refractivity contribution is 0.0694. The minimum absolute atomic E-state index is 0.240. The van der Waals surface area contributed by atoms with Crippen LogP contribution >= 0.6 is 0 Å². The zero-order valence-corrected chi connectivity index (χ0v) is 12.3. The smallest absolute Gasteiger partial charge is 0.341 e. The molecule has 21 heavy (non-hydrogen) atoms. The molecule has 0 fully saturated rings. The van der Waals surface area contributed by atoms with Crippen LogP contribution in [0.2, 0.25) is 0 Å². The van der Waals surface area contributed by atoms with E-state index in [1.54, 1.807) is 16.2 Å². The van der Waals surface area contributed by atoms with Crippen LogP contribution in [0.4, 0.5) is 0 Å². The van der Waals surface area contributed by atoms with Gasteiger partial charge >= 0.3 is 5.97 Å². The number of aromatic carboxylic acids is 1. The van der Waals surface area contributed by atoms with Crippen LogP contribution in [0.5, 0.6) is 0 Å². The van der Waals surface area contributed by atoms with Crippen LogP contribution in [0.15, 0.2) is 23.4 Å². The van der Waals surface area contributed by atoms with Crippen molar-refractivity contribution in [2.75, 3.05) is 0 Å². The van der Waals surface area contributed by atoms with Crippen molar-refractivity contribution in [2.45, 2.75) is 33.9 Å². The van der Waals surface area contributed by atoms with Crippen molar-refractivity contribution in [1.82, 2.24) is 19.3 Å². The Kier molecular flexibility index (Phi) is 4.21. The Labute approximate surface area is 121 Å². The first kappa shape index (κ1) is 15.0. The summed E-state index contributed by atoms with van der Waals surface area (Å²) in [4.78, 5) is 26.9. The Hall–Kier alpha value is -2.44. The van der Waals surface area contributed by atoms with Crippen molar-refractivity contribution in [1.29, 1.82) is 0 Å². The molecule has 0 saturated carbocycles. The van der Waals surface area contributed by atoms with E-state index >= 15 is 0 Å². The van der Waals surface area contributed by atoms with Gasteiger partial charge in [-0.1, -0.05) is 13.8 Å². The van der Waals surface area contributed by atoms with Crippen molar-refractivity contribution in [3.05, 3.63) is 45.9 Å². The molecule has 2 rings (SSSR count). The molecule has 0 radical (unpaired) electrons. The molecule has 7 nitrogen and oxygen atoms in total. The summed E-state index contributed by atoms with van der Waals surface area (Å²) in [5, 5.41) is 13.2. The molecule has 2 heterocycles. The van der Waals surface area contributed by atoms with Gasteiger partial charge in [0, 0.05) is 24.5 Å². The predicted octanol–water partition coefficient (Wildman–Crippen LogP) is 1.15. The average Bonchev–Trinajstić information content (AvgIpc) is 2.78. The highest BCUT2D eigenvalue weighted by molar-refractivity contribution is 5.87. The van der Waals surface area contributed by atoms with Crippen LogP contribution in [-0.4, -0.2) is 30.4 Å². The van der Waals surface area contributed by atoms with Gasteiger partial charge in [0.15, 0.2) is 5.43 Å². The highest BCUT2D eigenvalue weighted by atomic mass is 16.4. The molecule has 1 N–H and O–H groups in total. The Morgan fingerprint density at radius 3 is 2.76 bits per heavy atom. The van der Waals surface area contributed by atoms with Crippen LogP contribution in [0, 0.1) is 12.8 Å². The van der Waals surface area contributed by atoms with Crippen LogP contribution in [0.3, 0.4) is 0 Å². The standard InChI is InChI=1S/C14H18N4O3/c1-9(2)5-18-13(15-8-16-18)7-17-6-11(14(20)21)12(19)4-10(17)3/h4,6,8-9H,5,7H2,1-3H3,(H,20,21). The summed E-state index contributed by atoms with van der Waals surface area (Å²) < 4.78 is 3.49. The van der Waals surface area contributed by atoms with Gasteiger partial charge in [-0.15, -0.1) is 0 Å². The molecule has 0 saturated heterocycles. The quantitative estimate of drug-likeness (QED) is 0.892. The number of carbonyl (C=O) groups is 1. The third-order valence-corrected chi connectivity index (χ3v) is 3.12. The van der Waals surface area contributed by atoms with Crippen molar-refractivity contribution >= 4 is 5.97 Å². The second kappa shape index (κ2) is 5.90. The number of hydrogen-bond donors (Lipinski definition) is 1. The Balaban J connectivity index is 2.36. The fraction of sp³-hybridized carbons (Fsp3) is 0.429. The first-order valence-electron chi connectivity index (χ1n) is 6.69. The summed E-state index contributed by atoms with van der Waals surface area (Å²) in [5.74, 6) is -0.0701. The van der Waals surface area contributed by atoms with Crippen molar-refractivity contribution in [3.8, 4) is 0 Å². The van der Waals surface area contributed by atoms with E-state index < -0.39 is 11.4 Å². The SMILES string of the molecule is Cc1cc(=O)c(C(=O)O)cn1Cc1ncnn1CC(C)C. The highest BCUT2D eigenvalue weighted by Gasteiger charge is 2.13. The Morgan fingerprint density at radius 2 is 2.14 bits per heavy atom. The monoisotopic (exact) mass is 290 g/mol. The van der Waals surface area contributed by atoms with E-state index in [0.717, 1.165) is 12.4 Å². The summed E-state index contributed by atoms with van der Waals surface area (Å²) in [6.07, 6.45) is 2.84. The number of nitrogens with zero attached hydrogens (tertiary/aromatic N) is 4. The third kappa shape index (κ3) is 3.36. The molecule has 0 aromatic carbocycles. The Bertz CT molecular complexity index is 715. The van der Waals surface area contributed by atoms with Crippen LogP contribution < -0.4 is 5.43 Å². The zero-order valence-electron chi connectivity index (χ0n) is 12.3. The lowest BCUT2D eigenvalue weighted by Crippen LogP contribution is -2.21. The molecule has 0 amide bonds. The van der Waals surface area contributed by atoms with Crippen molar-refractivity contribution in [2.24, 2.45) is 5.92 Å². The van der Waals surface area contributed by atoms with Gasteiger partial charge < -0.3 is 9.67 Å². The zero-order chi connectivity index (χ0) is 15.6. The largest absolute Gasteiger partial charge is 0.477 e. The number of carboxylic acid groups (broad SMARTS) is 1. The van der Waals surface area contributed by atoms with Gasteiger partial charge in [-0.3, -0.25) is 4.79 Å². The first-order chi connectivity index (χ1) is 9.88. The highest BCUT2D eigenvalue weighted by Crippen LogP contribution is 2.06. The molecular formula is C14H18N4O3.